The van der Waals surface area contributed by atoms with Crippen LogP contribution in [-0.4, -0.2) is 30.1 Å². The van der Waals surface area contributed by atoms with E-state index in [9.17, 15) is 0 Å². The molecule has 70 valence electrons. The van der Waals surface area contributed by atoms with Crippen molar-refractivity contribution >= 4 is 0 Å². The first kappa shape index (κ1) is 9.75. The number of hydrogen-bond acceptors (Lipinski definition) is 2. The normalized spacial score (nSPS) is 18.9. The van der Waals surface area contributed by atoms with Gasteiger partial charge in [-0.15, -0.1) is 0 Å². The van der Waals surface area contributed by atoms with Crippen LogP contribution in [0.15, 0.2) is 12.2 Å². The molecule has 2 heteroatoms. The number of hydrogen-bond donors (Lipinski definition) is 1. The molecule has 1 heterocycles. The van der Waals surface area contributed by atoms with Crippen molar-refractivity contribution in [3.63, 3.8) is 0 Å². The lowest BCUT2D eigenvalue weighted by atomic mass is 9.91. The SMILES string of the molecule is CCC(CC)(CN)N1CC=CC1. The molecule has 0 aliphatic carbocycles. The predicted octanol–water partition coefficient (Wildman–Crippen LogP) is 1.38. The Hall–Kier alpha value is -0.340. The summed E-state index contributed by atoms with van der Waals surface area (Å²) in [5, 5.41) is 0. The average Bonchev–Trinajstić information content (AvgIpc) is 2.62. The van der Waals surface area contributed by atoms with E-state index >= 15 is 0 Å². The minimum absolute atomic E-state index is 0.253. The van der Waals surface area contributed by atoms with Gasteiger partial charge in [-0.25, -0.2) is 0 Å². The third-order valence-electron chi connectivity index (χ3n) is 3.19. The number of nitrogens with two attached hydrogens (primary N) is 1. The molecule has 0 aromatic heterocycles. The fourth-order valence-corrected chi connectivity index (χ4v) is 1.98. The van der Waals surface area contributed by atoms with Crippen LogP contribution in [0.25, 0.3) is 0 Å². The van der Waals surface area contributed by atoms with Gasteiger partial charge in [0.15, 0.2) is 0 Å². The van der Waals surface area contributed by atoms with Crippen LogP contribution in [-0.2, 0) is 0 Å². The van der Waals surface area contributed by atoms with Crippen molar-refractivity contribution in [1.82, 2.24) is 4.90 Å². The van der Waals surface area contributed by atoms with E-state index in [1.54, 1.807) is 0 Å². The monoisotopic (exact) mass is 168 g/mol. The van der Waals surface area contributed by atoms with Crippen molar-refractivity contribution in [1.29, 1.82) is 0 Å². The molecule has 12 heavy (non-hydrogen) atoms. The molecule has 0 unspecified atom stereocenters. The van der Waals surface area contributed by atoms with Gasteiger partial charge in [0.05, 0.1) is 0 Å². The zero-order valence-electron chi connectivity index (χ0n) is 8.21. The molecule has 0 aromatic rings. The van der Waals surface area contributed by atoms with Crippen molar-refractivity contribution in [3.8, 4) is 0 Å². The van der Waals surface area contributed by atoms with E-state index in [0.29, 0.717) is 0 Å². The van der Waals surface area contributed by atoms with Crippen LogP contribution in [0.3, 0.4) is 0 Å². The van der Waals surface area contributed by atoms with Crippen molar-refractivity contribution in [2.45, 2.75) is 32.2 Å². The molecular formula is C10H20N2. The van der Waals surface area contributed by atoms with Gasteiger partial charge in [0.1, 0.15) is 0 Å². The van der Waals surface area contributed by atoms with Crippen molar-refractivity contribution in [2.75, 3.05) is 19.6 Å². The Morgan fingerprint density at radius 1 is 1.25 bits per heavy atom. The molecule has 0 saturated carbocycles. The first-order chi connectivity index (χ1) is 5.79. The summed E-state index contributed by atoms with van der Waals surface area (Å²) in [5.41, 5.74) is 6.09. The van der Waals surface area contributed by atoms with Crippen LogP contribution in [0.4, 0.5) is 0 Å². The summed E-state index contributed by atoms with van der Waals surface area (Å²) in [4.78, 5) is 2.48. The van der Waals surface area contributed by atoms with E-state index in [1.165, 1.54) is 0 Å². The fourth-order valence-electron chi connectivity index (χ4n) is 1.98. The predicted molar refractivity (Wildman–Crippen MR) is 53.1 cm³/mol. The maximum absolute atomic E-state index is 5.84. The van der Waals surface area contributed by atoms with Crippen LogP contribution >= 0.6 is 0 Å². The van der Waals surface area contributed by atoms with Crippen molar-refractivity contribution in [3.05, 3.63) is 12.2 Å². The Morgan fingerprint density at radius 2 is 1.75 bits per heavy atom. The van der Waals surface area contributed by atoms with Gasteiger partial charge in [0.2, 0.25) is 0 Å². The van der Waals surface area contributed by atoms with Gasteiger partial charge in [-0.05, 0) is 12.8 Å². The van der Waals surface area contributed by atoms with E-state index < -0.39 is 0 Å². The molecule has 0 amide bonds. The van der Waals surface area contributed by atoms with E-state index in [0.717, 1.165) is 32.5 Å². The average molecular weight is 168 g/mol. The first-order valence-electron chi connectivity index (χ1n) is 4.89. The van der Waals surface area contributed by atoms with Crippen LogP contribution in [0.1, 0.15) is 26.7 Å². The maximum atomic E-state index is 5.84. The molecule has 1 rings (SSSR count). The zero-order chi connectivity index (χ0) is 9.03. The molecule has 0 fully saturated rings. The lowest BCUT2D eigenvalue weighted by molar-refractivity contribution is 0.120. The third kappa shape index (κ3) is 1.54. The largest absolute Gasteiger partial charge is 0.329 e. The minimum atomic E-state index is 0.253. The molecule has 0 bridgehead atoms. The first-order valence-corrected chi connectivity index (χ1v) is 4.89. The Balaban J connectivity index is 2.63. The van der Waals surface area contributed by atoms with E-state index in [2.05, 4.69) is 30.9 Å². The van der Waals surface area contributed by atoms with Crippen molar-refractivity contribution < 1.29 is 0 Å². The van der Waals surface area contributed by atoms with E-state index in [-0.39, 0.29) is 5.54 Å². The second kappa shape index (κ2) is 4.06. The highest BCUT2D eigenvalue weighted by atomic mass is 15.2. The number of rotatable bonds is 4. The van der Waals surface area contributed by atoms with Gasteiger partial charge in [-0.3, -0.25) is 4.90 Å². The Bertz CT molecular complexity index is 143. The molecule has 0 saturated heterocycles. The Kier molecular flexibility index (Phi) is 3.29. The summed E-state index contributed by atoms with van der Waals surface area (Å²) in [6, 6.07) is 0. The zero-order valence-corrected chi connectivity index (χ0v) is 8.21. The second-order valence-electron chi connectivity index (χ2n) is 3.51. The lowest BCUT2D eigenvalue weighted by Crippen LogP contribution is -2.52. The second-order valence-corrected chi connectivity index (χ2v) is 3.51. The van der Waals surface area contributed by atoms with Gasteiger partial charge in [0.25, 0.3) is 0 Å². The van der Waals surface area contributed by atoms with E-state index in [1.807, 2.05) is 0 Å². The standard InChI is InChI=1S/C10H20N2/c1-3-10(4-2,9-11)12-7-5-6-8-12/h5-6H,3-4,7-9,11H2,1-2H3. The smallest absolute Gasteiger partial charge is 0.0333 e. The van der Waals surface area contributed by atoms with Crippen molar-refractivity contribution in [2.24, 2.45) is 5.73 Å². The molecule has 0 radical (unpaired) electrons. The molecule has 2 nitrogen and oxygen atoms in total. The maximum Gasteiger partial charge on any atom is 0.0333 e. The minimum Gasteiger partial charge on any atom is -0.329 e. The van der Waals surface area contributed by atoms with E-state index in [4.69, 9.17) is 5.73 Å². The summed E-state index contributed by atoms with van der Waals surface area (Å²) in [5.74, 6) is 0. The van der Waals surface area contributed by atoms with Crippen LogP contribution in [0.2, 0.25) is 0 Å². The van der Waals surface area contributed by atoms with Gasteiger partial charge in [-0.1, -0.05) is 26.0 Å². The quantitative estimate of drug-likeness (QED) is 0.642. The molecule has 0 atom stereocenters. The molecular weight excluding hydrogens is 148 g/mol. The van der Waals surface area contributed by atoms with Gasteiger partial charge in [-0.2, -0.15) is 0 Å². The van der Waals surface area contributed by atoms with Crippen LogP contribution in [0, 0.1) is 0 Å². The van der Waals surface area contributed by atoms with Gasteiger partial charge in [0, 0.05) is 25.2 Å². The topological polar surface area (TPSA) is 29.3 Å². The molecule has 1 aliphatic heterocycles. The van der Waals surface area contributed by atoms with Gasteiger partial charge < -0.3 is 5.73 Å². The summed E-state index contributed by atoms with van der Waals surface area (Å²) >= 11 is 0. The third-order valence-corrected chi connectivity index (χ3v) is 3.19. The highest BCUT2D eigenvalue weighted by molar-refractivity contribution is 5.03. The summed E-state index contributed by atoms with van der Waals surface area (Å²) in [6.45, 7) is 7.41. The highest BCUT2D eigenvalue weighted by Crippen LogP contribution is 2.24. The molecule has 1 aliphatic rings. The van der Waals surface area contributed by atoms with Crippen LogP contribution in [0.5, 0.6) is 0 Å². The lowest BCUT2D eigenvalue weighted by Gasteiger charge is -2.39. The molecule has 0 spiro atoms. The summed E-state index contributed by atoms with van der Waals surface area (Å²) in [7, 11) is 0. The number of nitrogens with zero attached hydrogens (tertiary/aromatic N) is 1. The summed E-state index contributed by atoms with van der Waals surface area (Å²) in [6.07, 6.45) is 6.77. The highest BCUT2D eigenvalue weighted by Gasteiger charge is 2.31. The Morgan fingerprint density at radius 3 is 2.08 bits per heavy atom. The van der Waals surface area contributed by atoms with Crippen LogP contribution < -0.4 is 5.73 Å². The summed E-state index contributed by atoms with van der Waals surface area (Å²) < 4.78 is 0. The molecule has 2 N–H and O–H groups in total. The fraction of sp³-hybridized carbons (Fsp3) is 0.800. The van der Waals surface area contributed by atoms with Gasteiger partial charge >= 0.3 is 0 Å². The molecule has 0 aromatic carbocycles. The Labute approximate surface area is 75.4 Å².